The third-order valence-corrected chi connectivity index (χ3v) is 6.14. The normalized spacial score (nSPS) is 14.0. The minimum Gasteiger partial charge on any atom is -0.367 e. The summed E-state index contributed by atoms with van der Waals surface area (Å²) in [5.74, 6) is -0.146. The van der Waals surface area contributed by atoms with Gasteiger partial charge in [0.05, 0.1) is 27.0 Å². The number of anilines is 1. The maximum Gasteiger partial charge on any atom is 0.274 e. The molecule has 1 aromatic heterocycles. The summed E-state index contributed by atoms with van der Waals surface area (Å²) in [6, 6.07) is 11.9. The van der Waals surface area contributed by atoms with E-state index in [4.69, 9.17) is 11.6 Å². The number of carbonyl (C=O) groups is 1. The average Bonchev–Trinajstić information content (AvgIpc) is 3.14. The molecule has 2 aromatic carbocycles. The fourth-order valence-electron chi connectivity index (χ4n) is 3.56. The van der Waals surface area contributed by atoms with E-state index in [2.05, 4.69) is 26.2 Å². The topological polar surface area (TPSA) is 97.4 Å². The maximum absolute atomic E-state index is 13.3. The Bertz CT molecular complexity index is 1160. The number of nitrogens with zero attached hydrogens (tertiary/aromatic N) is 6. The van der Waals surface area contributed by atoms with E-state index in [1.165, 1.54) is 12.1 Å². The van der Waals surface area contributed by atoms with Gasteiger partial charge in [-0.25, -0.2) is 4.68 Å². The van der Waals surface area contributed by atoms with E-state index in [1.807, 2.05) is 29.2 Å². The van der Waals surface area contributed by atoms with Crippen molar-refractivity contribution in [2.24, 2.45) is 0 Å². The monoisotopic (exact) mass is 504 g/mol. The number of hydrogen-bond donors (Lipinski definition) is 0. The van der Waals surface area contributed by atoms with Gasteiger partial charge in [0.25, 0.3) is 11.6 Å². The van der Waals surface area contributed by atoms with Gasteiger partial charge in [-0.3, -0.25) is 14.9 Å². The van der Waals surface area contributed by atoms with Crippen LogP contribution in [-0.2, 0) is 0 Å². The molecule has 1 saturated heterocycles. The van der Waals surface area contributed by atoms with Gasteiger partial charge in [0.1, 0.15) is 0 Å². The smallest absolute Gasteiger partial charge is 0.274 e. The number of benzene rings is 2. The van der Waals surface area contributed by atoms with Gasteiger partial charge in [0.15, 0.2) is 5.69 Å². The first-order chi connectivity index (χ1) is 14.9. The van der Waals surface area contributed by atoms with E-state index in [0.717, 1.165) is 15.8 Å². The SMILES string of the molecule is Cc1nnn(-c2ccccc2Br)c1C(=O)N1CCN(c2ccc([N+](=O)[O-])cc2Cl)CC1. The fourth-order valence-corrected chi connectivity index (χ4v) is 4.31. The van der Waals surface area contributed by atoms with Gasteiger partial charge in [0.2, 0.25) is 0 Å². The van der Waals surface area contributed by atoms with Crippen molar-refractivity contribution >= 4 is 44.8 Å². The predicted octanol–water partition coefficient (Wildman–Crippen LogP) is 3.86. The Kier molecular flexibility index (Phi) is 5.92. The fraction of sp³-hybridized carbons (Fsp3) is 0.250. The first kappa shape index (κ1) is 21.3. The summed E-state index contributed by atoms with van der Waals surface area (Å²) < 4.78 is 2.37. The molecule has 9 nitrogen and oxygen atoms in total. The van der Waals surface area contributed by atoms with Gasteiger partial charge in [-0.2, -0.15) is 0 Å². The number of nitro benzene ring substituents is 1. The summed E-state index contributed by atoms with van der Waals surface area (Å²) in [5.41, 5.74) is 2.39. The highest BCUT2D eigenvalue weighted by Crippen LogP contribution is 2.31. The van der Waals surface area contributed by atoms with Gasteiger partial charge in [-0.05, 0) is 41.1 Å². The zero-order valence-corrected chi connectivity index (χ0v) is 18.9. The van der Waals surface area contributed by atoms with Crippen molar-refractivity contribution in [3.05, 3.63) is 73.5 Å². The number of non-ortho nitro benzene ring substituents is 1. The third kappa shape index (κ3) is 4.13. The van der Waals surface area contributed by atoms with Gasteiger partial charge in [0, 0.05) is 42.8 Å². The minimum absolute atomic E-state index is 0.0501. The molecular weight excluding hydrogens is 488 g/mol. The molecule has 2 heterocycles. The molecule has 4 rings (SSSR count). The summed E-state index contributed by atoms with van der Waals surface area (Å²) >= 11 is 9.76. The highest BCUT2D eigenvalue weighted by Gasteiger charge is 2.28. The van der Waals surface area contributed by atoms with E-state index in [0.29, 0.717) is 42.6 Å². The number of hydrogen-bond acceptors (Lipinski definition) is 6. The summed E-state index contributed by atoms with van der Waals surface area (Å²) in [6.07, 6.45) is 0. The molecule has 3 aromatic rings. The van der Waals surface area contributed by atoms with Gasteiger partial charge in [-0.15, -0.1) is 5.10 Å². The Morgan fingerprint density at radius 3 is 2.48 bits per heavy atom. The number of nitro groups is 1. The van der Waals surface area contributed by atoms with E-state index in [9.17, 15) is 14.9 Å². The van der Waals surface area contributed by atoms with Crippen molar-refractivity contribution < 1.29 is 9.72 Å². The van der Waals surface area contributed by atoms with Gasteiger partial charge >= 0.3 is 0 Å². The van der Waals surface area contributed by atoms with Crippen LogP contribution in [0.3, 0.4) is 0 Å². The summed E-state index contributed by atoms with van der Waals surface area (Å²) in [4.78, 5) is 27.5. The van der Waals surface area contributed by atoms with Crippen molar-refractivity contribution in [3.63, 3.8) is 0 Å². The Morgan fingerprint density at radius 1 is 1.13 bits per heavy atom. The molecule has 0 aliphatic carbocycles. The Labute approximate surface area is 191 Å². The van der Waals surface area contributed by atoms with Crippen LogP contribution in [0.4, 0.5) is 11.4 Å². The summed E-state index contributed by atoms with van der Waals surface area (Å²) in [7, 11) is 0. The third-order valence-electron chi connectivity index (χ3n) is 5.17. The van der Waals surface area contributed by atoms with Crippen LogP contribution in [0.2, 0.25) is 5.02 Å². The van der Waals surface area contributed by atoms with Gasteiger partial charge < -0.3 is 9.80 Å². The number of aromatic nitrogens is 3. The van der Waals surface area contributed by atoms with Crippen molar-refractivity contribution in [2.45, 2.75) is 6.92 Å². The molecule has 1 aliphatic rings. The van der Waals surface area contributed by atoms with Crippen molar-refractivity contribution in [1.29, 1.82) is 0 Å². The van der Waals surface area contributed by atoms with Crippen molar-refractivity contribution in [3.8, 4) is 5.69 Å². The Morgan fingerprint density at radius 2 is 1.84 bits per heavy atom. The standard InChI is InChI=1S/C20H18BrClN6O3/c1-13-19(27(24-23-13)17-5-3-2-4-15(17)21)20(29)26-10-8-25(9-11-26)18-7-6-14(28(30)31)12-16(18)22/h2-7,12H,8-11H2,1H3. The van der Waals surface area contributed by atoms with Crippen LogP contribution >= 0.6 is 27.5 Å². The molecule has 0 spiro atoms. The molecule has 0 unspecified atom stereocenters. The summed E-state index contributed by atoms with van der Waals surface area (Å²) in [6.45, 7) is 3.83. The second kappa shape index (κ2) is 8.64. The zero-order chi connectivity index (χ0) is 22.1. The number of amides is 1. The minimum atomic E-state index is -0.475. The number of carbonyl (C=O) groups excluding carboxylic acids is 1. The van der Waals surface area contributed by atoms with Crippen molar-refractivity contribution in [1.82, 2.24) is 19.9 Å². The predicted molar refractivity (Wildman–Crippen MR) is 120 cm³/mol. The van der Waals surface area contributed by atoms with E-state index in [-0.39, 0.29) is 11.6 Å². The second-order valence-electron chi connectivity index (χ2n) is 7.06. The lowest BCUT2D eigenvalue weighted by atomic mass is 10.2. The van der Waals surface area contributed by atoms with E-state index in [1.54, 1.807) is 22.6 Å². The lowest BCUT2D eigenvalue weighted by molar-refractivity contribution is -0.384. The number of aryl methyl sites for hydroxylation is 1. The van der Waals surface area contributed by atoms with Crippen LogP contribution in [0.5, 0.6) is 0 Å². The molecule has 1 fully saturated rings. The van der Waals surface area contributed by atoms with Crippen molar-refractivity contribution in [2.75, 3.05) is 31.1 Å². The Balaban J connectivity index is 1.52. The highest BCUT2D eigenvalue weighted by atomic mass is 79.9. The molecule has 1 amide bonds. The first-order valence-corrected chi connectivity index (χ1v) is 10.7. The van der Waals surface area contributed by atoms with E-state index >= 15 is 0 Å². The van der Waals surface area contributed by atoms with Crippen LogP contribution in [0.15, 0.2) is 46.9 Å². The summed E-state index contributed by atoms with van der Waals surface area (Å²) in [5, 5.41) is 19.5. The van der Waals surface area contributed by atoms with E-state index < -0.39 is 4.92 Å². The molecular formula is C20H18BrClN6O3. The number of rotatable bonds is 4. The molecule has 31 heavy (non-hydrogen) atoms. The lowest BCUT2D eigenvalue weighted by Gasteiger charge is -2.36. The number of halogens is 2. The first-order valence-electron chi connectivity index (χ1n) is 9.52. The number of piperazine rings is 1. The molecule has 11 heteroatoms. The zero-order valence-electron chi connectivity index (χ0n) is 16.5. The molecule has 0 radical (unpaired) electrons. The molecule has 0 atom stereocenters. The lowest BCUT2D eigenvalue weighted by Crippen LogP contribution is -2.49. The van der Waals surface area contributed by atoms with Crippen LogP contribution in [0.25, 0.3) is 5.69 Å². The molecule has 0 N–H and O–H groups in total. The van der Waals surface area contributed by atoms with Gasteiger partial charge in [-0.1, -0.05) is 28.9 Å². The molecule has 160 valence electrons. The second-order valence-corrected chi connectivity index (χ2v) is 8.32. The van der Waals surface area contributed by atoms with Crippen LogP contribution in [0.1, 0.15) is 16.2 Å². The van der Waals surface area contributed by atoms with Crippen LogP contribution in [-0.4, -0.2) is 56.9 Å². The maximum atomic E-state index is 13.3. The van der Waals surface area contributed by atoms with Crippen LogP contribution < -0.4 is 4.90 Å². The van der Waals surface area contributed by atoms with Crippen LogP contribution in [0, 0.1) is 17.0 Å². The molecule has 1 aliphatic heterocycles. The molecule has 0 bridgehead atoms. The number of para-hydroxylation sites is 1. The Hall–Kier alpha value is -2.98. The average molecular weight is 506 g/mol. The highest BCUT2D eigenvalue weighted by molar-refractivity contribution is 9.10. The largest absolute Gasteiger partial charge is 0.367 e. The molecule has 0 saturated carbocycles. The quantitative estimate of drug-likeness (QED) is 0.394.